The van der Waals surface area contributed by atoms with E-state index in [0.29, 0.717) is 5.11 Å². The van der Waals surface area contributed by atoms with Gasteiger partial charge in [-0.15, -0.1) is 0 Å². The molecule has 200 valence electrons. The maximum atomic E-state index is 13.7. The maximum absolute atomic E-state index is 13.7. The topological polar surface area (TPSA) is 42.3 Å². The van der Waals surface area contributed by atoms with Crippen LogP contribution in [-0.2, 0) is 0 Å². The lowest BCUT2D eigenvalue weighted by molar-refractivity contribution is 0.482. The van der Waals surface area contributed by atoms with E-state index < -0.39 is 0 Å². The van der Waals surface area contributed by atoms with Crippen molar-refractivity contribution in [3.05, 3.63) is 137 Å². The Balaban J connectivity index is 1.40. The molecule has 3 aromatic carbocycles. The van der Waals surface area contributed by atoms with Crippen LogP contribution in [-0.4, -0.2) is 14.7 Å². The largest absolute Gasteiger partial charge is 0.457 e. The van der Waals surface area contributed by atoms with Gasteiger partial charge in [-0.3, -0.25) is 4.98 Å². The van der Waals surface area contributed by atoms with Gasteiger partial charge in [0.25, 0.3) is 0 Å². The number of pyridine rings is 1. The number of aryl methyl sites for hydroxylation is 2. The number of halogens is 1. The fraction of sp³-hybridized carbons (Fsp3) is 0.152. The molecule has 5 aromatic rings. The second-order valence-corrected chi connectivity index (χ2v) is 10.4. The van der Waals surface area contributed by atoms with Crippen molar-refractivity contribution in [2.45, 2.75) is 32.9 Å². The molecule has 2 atom stereocenters. The van der Waals surface area contributed by atoms with Crippen molar-refractivity contribution < 1.29 is 9.13 Å². The summed E-state index contributed by atoms with van der Waals surface area (Å²) in [4.78, 5) is 6.83. The fourth-order valence-electron chi connectivity index (χ4n) is 5.44. The third-order valence-electron chi connectivity index (χ3n) is 7.34. The van der Waals surface area contributed by atoms with Crippen molar-refractivity contribution in [1.82, 2.24) is 14.9 Å². The molecule has 0 aliphatic carbocycles. The first kappa shape index (κ1) is 25.8. The highest BCUT2D eigenvalue weighted by Gasteiger charge is 2.42. The van der Waals surface area contributed by atoms with Crippen molar-refractivity contribution in [1.29, 1.82) is 0 Å². The summed E-state index contributed by atoms with van der Waals surface area (Å²) in [5.41, 5.74) is 7.18. The van der Waals surface area contributed by atoms with Crippen LogP contribution in [0.4, 0.5) is 10.1 Å². The Morgan fingerprint density at radius 2 is 1.48 bits per heavy atom. The molecule has 0 unspecified atom stereocenters. The van der Waals surface area contributed by atoms with Gasteiger partial charge in [-0.1, -0.05) is 23.8 Å². The van der Waals surface area contributed by atoms with E-state index in [1.54, 1.807) is 18.3 Å². The summed E-state index contributed by atoms with van der Waals surface area (Å²) in [5, 5.41) is 4.16. The normalized spacial score (nSPS) is 16.7. The number of nitrogens with zero attached hydrogens (tertiary/aromatic N) is 3. The Morgan fingerprint density at radius 1 is 0.825 bits per heavy atom. The number of nitrogens with one attached hydrogen (secondary N) is 1. The molecule has 1 saturated heterocycles. The molecule has 40 heavy (non-hydrogen) atoms. The smallest absolute Gasteiger partial charge is 0.174 e. The van der Waals surface area contributed by atoms with E-state index in [-0.39, 0.29) is 17.9 Å². The third-order valence-corrected chi connectivity index (χ3v) is 7.66. The lowest BCUT2D eigenvalue weighted by Crippen LogP contribution is -2.29. The molecule has 0 bridgehead atoms. The van der Waals surface area contributed by atoms with Crippen LogP contribution in [0.5, 0.6) is 11.5 Å². The Morgan fingerprint density at radius 3 is 2.12 bits per heavy atom. The van der Waals surface area contributed by atoms with Crippen molar-refractivity contribution >= 4 is 23.0 Å². The molecule has 7 heteroatoms. The van der Waals surface area contributed by atoms with E-state index in [2.05, 4.69) is 46.6 Å². The summed E-state index contributed by atoms with van der Waals surface area (Å²) in [7, 11) is 0. The average molecular weight is 549 g/mol. The molecule has 6 rings (SSSR count). The summed E-state index contributed by atoms with van der Waals surface area (Å²) in [6, 6.07) is 30.4. The van der Waals surface area contributed by atoms with Gasteiger partial charge in [0.05, 0.1) is 17.8 Å². The van der Waals surface area contributed by atoms with Crippen LogP contribution in [0.1, 0.15) is 40.3 Å². The Labute approximate surface area is 238 Å². The van der Waals surface area contributed by atoms with E-state index in [4.69, 9.17) is 17.0 Å². The van der Waals surface area contributed by atoms with Crippen LogP contribution in [0.15, 0.2) is 103 Å². The van der Waals surface area contributed by atoms with Crippen molar-refractivity contribution in [3.8, 4) is 17.2 Å². The summed E-state index contributed by atoms with van der Waals surface area (Å²) >= 11 is 5.92. The first-order valence-corrected chi connectivity index (χ1v) is 13.6. The van der Waals surface area contributed by atoms with Gasteiger partial charge >= 0.3 is 0 Å². The molecule has 1 fully saturated rings. The Kier molecular flexibility index (Phi) is 6.82. The van der Waals surface area contributed by atoms with Crippen LogP contribution in [0.25, 0.3) is 5.69 Å². The minimum absolute atomic E-state index is 0.160. The van der Waals surface area contributed by atoms with Crippen LogP contribution >= 0.6 is 12.2 Å². The minimum Gasteiger partial charge on any atom is -0.457 e. The number of thiocarbonyl (C=S) groups is 1. The summed E-state index contributed by atoms with van der Waals surface area (Å²) in [6.45, 7) is 6.22. The molecule has 0 spiro atoms. The third kappa shape index (κ3) is 4.84. The van der Waals surface area contributed by atoms with Crippen LogP contribution in [0, 0.1) is 26.6 Å². The predicted molar refractivity (Wildman–Crippen MR) is 161 cm³/mol. The number of ether oxygens (including phenoxy) is 1. The Bertz CT molecular complexity index is 1650. The quantitative estimate of drug-likeness (QED) is 0.219. The zero-order valence-electron chi connectivity index (χ0n) is 22.5. The molecule has 0 radical (unpaired) electrons. The summed E-state index contributed by atoms with van der Waals surface area (Å²) in [5.74, 6) is 1.28. The standard InChI is InChI=1S/C33H29FN4OS/c1-21-7-15-27(16-8-21)39-28-17-13-26(14-18-28)38-32(31(36-33(38)40)30-6-4-5-19-35-30)29-20-22(2)37(23(29)3)25-11-9-24(34)10-12-25/h4-20,31-32H,1-3H3,(H,36,40)/t31-,32-/m0/s1. The highest BCUT2D eigenvalue weighted by atomic mass is 32.1. The van der Waals surface area contributed by atoms with E-state index in [1.165, 1.54) is 17.7 Å². The number of rotatable bonds is 6. The second kappa shape index (κ2) is 10.6. The predicted octanol–water partition coefficient (Wildman–Crippen LogP) is 7.91. The highest BCUT2D eigenvalue weighted by molar-refractivity contribution is 7.80. The lowest BCUT2D eigenvalue weighted by Gasteiger charge is -2.28. The number of benzene rings is 3. The van der Waals surface area contributed by atoms with Crippen molar-refractivity contribution in [3.63, 3.8) is 0 Å². The van der Waals surface area contributed by atoms with Crippen molar-refractivity contribution in [2.24, 2.45) is 0 Å². The van der Waals surface area contributed by atoms with Gasteiger partial charge in [-0.2, -0.15) is 0 Å². The maximum Gasteiger partial charge on any atom is 0.174 e. The molecule has 0 saturated carbocycles. The van der Waals surface area contributed by atoms with Crippen LogP contribution in [0.2, 0.25) is 0 Å². The summed E-state index contributed by atoms with van der Waals surface area (Å²) < 4.78 is 21.9. The van der Waals surface area contributed by atoms with Gasteiger partial charge in [0.15, 0.2) is 5.11 Å². The molecule has 1 N–H and O–H groups in total. The number of aromatic nitrogens is 2. The number of hydrogen-bond acceptors (Lipinski definition) is 3. The Hall–Kier alpha value is -4.49. The average Bonchev–Trinajstić information content (AvgIpc) is 3.46. The van der Waals surface area contributed by atoms with Crippen molar-refractivity contribution in [2.75, 3.05) is 4.90 Å². The second-order valence-electron chi connectivity index (χ2n) is 10.0. The van der Waals surface area contributed by atoms with Gasteiger partial charge < -0.3 is 19.5 Å². The number of hydrogen-bond donors (Lipinski definition) is 1. The van der Waals surface area contributed by atoms with Gasteiger partial charge in [-0.25, -0.2) is 4.39 Å². The first-order chi connectivity index (χ1) is 19.4. The van der Waals surface area contributed by atoms with E-state index in [1.807, 2.05) is 66.7 Å². The molecular formula is C33H29FN4OS. The molecule has 1 aliphatic heterocycles. The SMILES string of the molecule is Cc1ccc(Oc2ccc(N3C(=S)N[C@@H](c4ccccn4)[C@@H]3c3cc(C)n(-c4ccc(F)cc4)c3C)cc2)cc1. The molecule has 2 aromatic heterocycles. The molecular weight excluding hydrogens is 519 g/mol. The van der Waals surface area contributed by atoms with Crippen LogP contribution in [0.3, 0.4) is 0 Å². The zero-order valence-corrected chi connectivity index (χ0v) is 23.3. The highest BCUT2D eigenvalue weighted by Crippen LogP contribution is 2.44. The van der Waals surface area contributed by atoms with Crippen LogP contribution < -0.4 is 15.0 Å². The van der Waals surface area contributed by atoms with E-state index in [0.717, 1.165) is 45.5 Å². The first-order valence-electron chi connectivity index (χ1n) is 13.2. The van der Waals surface area contributed by atoms with Gasteiger partial charge in [0.2, 0.25) is 0 Å². The van der Waals surface area contributed by atoms with Gasteiger partial charge in [0, 0.05) is 29.0 Å². The minimum atomic E-state index is -0.257. The molecule has 1 aliphatic rings. The van der Waals surface area contributed by atoms with Gasteiger partial charge in [0.1, 0.15) is 17.3 Å². The van der Waals surface area contributed by atoms with E-state index in [9.17, 15) is 4.39 Å². The monoisotopic (exact) mass is 548 g/mol. The van der Waals surface area contributed by atoms with Gasteiger partial charge in [-0.05, 0) is 117 Å². The zero-order chi connectivity index (χ0) is 27.8. The lowest BCUT2D eigenvalue weighted by atomic mass is 9.96. The summed E-state index contributed by atoms with van der Waals surface area (Å²) in [6.07, 6.45) is 1.80. The van der Waals surface area contributed by atoms with E-state index >= 15 is 0 Å². The molecule has 5 nitrogen and oxygen atoms in total. The number of anilines is 1. The fourth-order valence-corrected chi connectivity index (χ4v) is 5.79. The molecule has 0 amide bonds. The molecule has 3 heterocycles.